The molecule has 2 aromatic heterocycles. The van der Waals surface area contributed by atoms with E-state index < -0.39 is 0 Å². The molecular formula is C19H24N4O. The molecule has 3 aromatic rings. The van der Waals surface area contributed by atoms with Gasteiger partial charge in [-0.2, -0.15) is 0 Å². The van der Waals surface area contributed by atoms with Crippen molar-refractivity contribution in [3.05, 3.63) is 48.3 Å². The number of hydrogen-bond acceptors (Lipinski definition) is 4. The molecule has 0 radical (unpaired) electrons. The normalized spacial score (nSPS) is 11.6. The van der Waals surface area contributed by atoms with Crippen molar-refractivity contribution in [2.24, 2.45) is 0 Å². The van der Waals surface area contributed by atoms with Crippen LogP contribution in [0.25, 0.3) is 16.9 Å². The van der Waals surface area contributed by atoms with E-state index >= 15 is 0 Å². The lowest BCUT2D eigenvalue weighted by Crippen LogP contribution is -2.13. The van der Waals surface area contributed by atoms with Crippen LogP contribution < -0.4 is 10.5 Å². The van der Waals surface area contributed by atoms with Gasteiger partial charge in [-0.05, 0) is 64.3 Å². The first kappa shape index (κ1) is 16.3. The molecular weight excluding hydrogens is 300 g/mol. The van der Waals surface area contributed by atoms with E-state index in [4.69, 9.17) is 15.5 Å². The van der Waals surface area contributed by atoms with Crippen LogP contribution in [0.1, 0.15) is 19.5 Å². The lowest BCUT2D eigenvalue weighted by molar-refractivity contribution is 0.242. The zero-order chi connectivity index (χ0) is 17.3. The molecule has 24 heavy (non-hydrogen) atoms. The number of aromatic nitrogens is 2. The van der Waals surface area contributed by atoms with Crippen LogP contribution in [-0.2, 0) is 6.54 Å². The SMILES string of the molecule is CC(C)Oc1ccc(-c2nc3ccc(N)cn3c2CN(C)C)cc1. The summed E-state index contributed by atoms with van der Waals surface area (Å²) >= 11 is 0. The highest BCUT2D eigenvalue weighted by Crippen LogP contribution is 2.28. The summed E-state index contributed by atoms with van der Waals surface area (Å²) in [5.41, 5.74) is 10.8. The number of benzene rings is 1. The highest BCUT2D eigenvalue weighted by atomic mass is 16.5. The van der Waals surface area contributed by atoms with Gasteiger partial charge in [0.25, 0.3) is 0 Å². The standard InChI is InChI=1S/C19H24N4O/c1-13(2)24-16-8-5-14(6-9-16)19-17(12-22(3)4)23-11-15(20)7-10-18(23)21-19/h5-11,13H,12,20H2,1-4H3. The molecule has 0 spiro atoms. The first-order valence-electron chi connectivity index (χ1n) is 8.12. The second-order valence-electron chi connectivity index (χ2n) is 6.53. The maximum atomic E-state index is 5.96. The third-order valence-corrected chi connectivity index (χ3v) is 3.71. The molecule has 5 nitrogen and oxygen atoms in total. The molecule has 0 saturated carbocycles. The predicted molar refractivity (Wildman–Crippen MR) is 98.2 cm³/mol. The van der Waals surface area contributed by atoms with Gasteiger partial charge in [-0.15, -0.1) is 0 Å². The summed E-state index contributed by atoms with van der Waals surface area (Å²) in [6.45, 7) is 4.83. The highest BCUT2D eigenvalue weighted by Gasteiger charge is 2.15. The van der Waals surface area contributed by atoms with Gasteiger partial charge in [0.15, 0.2) is 0 Å². The fourth-order valence-corrected chi connectivity index (χ4v) is 2.76. The topological polar surface area (TPSA) is 55.8 Å². The van der Waals surface area contributed by atoms with E-state index in [2.05, 4.69) is 35.5 Å². The number of ether oxygens (including phenoxy) is 1. The Morgan fingerprint density at radius 1 is 1.12 bits per heavy atom. The van der Waals surface area contributed by atoms with Crippen molar-refractivity contribution in [1.82, 2.24) is 14.3 Å². The van der Waals surface area contributed by atoms with E-state index in [-0.39, 0.29) is 6.10 Å². The second kappa shape index (κ2) is 6.53. The summed E-state index contributed by atoms with van der Waals surface area (Å²) in [5.74, 6) is 0.871. The minimum absolute atomic E-state index is 0.165. The third-order valence-electron chi connectivity index (χ3n) is 3.71. The summed E-state index contributed by atoms with van der Waals surface area (Å²) in [6.07, 6.45) is 2.10. The quantitative estimate of drug-likeness (QED) is 0.781. The molecule has 0 atom stereocenters. The van der Waals surface area contributed by atoms with Crippen LogP contribution >= 0.6 is 0 Å². The Bertz CT molecular complexity index is 834. The minimum atomic E-state index is 0.165. The largest absolute Gasteiger partial charge is 0.491 e. The van der Waals surface area contributed by atoms with E-state index in [0.717, 1.165) is 40.6 Å². The van der Waals surface area contributed by atoms with Crippen molar-refractivity contribution in [1.29, 1.82) is 0 Å². The van der Waals surface area contributed by atoms with E-state index in [9.17, 15) is 0 Å². The maximum Gasteiger partial charge on any atom is 0.137 e. The summed E-state index contributed by atoms with van der Waals surface area (Å²) in [5, 5.41) is 0. The smallest absolute Gasteiger partial charge is 0.137 e. The van der Waals surface area contributed by atoms with E-state index in [1.165, 1.54) is 0 Å². The summed E-state index contributed by atoms with van der Waals surface area (Å²) in [6, 6.07) is 11.9. The Hall–Kier alpha value is -2.53. The van der Waals surface area contributed by atoms with Crippen molar-refractivity contribution in [3.8, 4) is 17.0 Å². The maximum absolute atomic E-state index is 5.96. The number of fused-ring (bicyclic) bond motifs is 1. The molecule has 0 saturated heterocycles. The van der Waals surface area contributed by atoms with Crippen LogP contribution in [-0.4, -0.2) is 34.5 Å². The number of pyridine rings is 1. The fourth-order valence-electron chi connectivity index (χ4n) is 2.76. The number of nitrogens with two attached hydrogens (primary N) is 1. The van der Waals surface area contributed by atoms with Gasteiger partial charge in [0, 0.05) is 24.0 Å². The minimum Gasteiger partial charge on any atom is -0.491 e. The Morgan fingerprint density at radius 3 is 2.46 bits per heavy atom. The van der Waals surface area contributed by atoms with Gasteiger partial charge in [0.2, 0.25) is 0 Å². The lowest BCUT2D eigenvalue weighted by atomic mass is 10.1. The molecule has 0 aliphatic heterocycles. The van der Waals surface area contributed by atoms with Gasteiger partial charge in [-0.3, -0.25) is 0 Å². The number of nitrogen functional groups attached to an aromatic ring is 1. The van der Waals surface area contributed by atoms with Crippen LogP contribution in [0, 0.1) is 0 Å². The molecule has 0 unspecified atom stereocenters. The molecule has 0 fully saturated rings. The van der Waals surface area contributed by atoms with Gasteiger partial charge < -0.3 is 19.8 Å². The average Bonchev–Trinajstić information content (AvgIpc) is 2.85. The Labute approximate surface area is 142 Å². The van der Waals surface area contributed by atoms with Crippen molar-refractivity contribution < 1.29 is 4.74 Å². The van der Waals surface area contributed by atoms with Gasteiger partial charge in [-0.25, -0.2) is 4.98 Å². The first-order valence-corrected chi connectivity index (χ1v) is 8.12. The van der Waals surface area contributed by atoms with Crippen LogP contribution in [0.5, 0.6) is 5.75 Å². The number of nitrogens with zero attached hydrogens (tertiary/aromatic N) is 3. The Kier molecular flexibility index (Phi) is 4.44. The summed E-state index contributed by atoms with van der Waals surface area (Å²) < 4.78 is 7.80. The molecule has 2 N–H and O–H groups in total. The van der Waals surface area contributed by atoms with Crippen LogP contribution in [0.2, 0.25) is 0 Å². The summed E-state index contributed by atoms with van der Waals surface area (Å²) in [7, 11) is 4.10. The molecule has 5 heteroatoms. The van der Waals surface area contributed by atoms with Crippen LogP contribution in [0.4, 0.5) is 5.69 Å². The zero-order valence-corrected chi connectivity index (χ0v) is 14.7. The lowest BCUT2D eigenvalue weighted by Gasteiger charge is -2.12. The van der Waals surface area contributed by atoms with Gasteiger partial charge in [0.05, 0.1) is 17.5 Å². The molecule has 0 amide bonds. The van der Waals surface area contributed by atoms with Gasteiger partial charge in [-0.1, -0.05) is 0 Å². The molecule has 1 aromatic carbocycles. The van der Waals surface area contributed by atoms with Crippen molar-refractivity contribution in [2.75, 3.05) is 19.8 Å². The molecule has 2 heterocycles. The van der Waals surface area contributed by atoms with E-state index in [1.54, 1.807) is 0 Å². The van der Waals surface area contributed by atoms with Crippen molar-refractivity contribution in [2.45, 2.75) is 26.5 Å². The van der Waals surface area contributed by atoms with Crippen LogP contribution in [0.3, 0.4) is 0 Å². The van der Waals surface area contributed by atoms with Crippen molar-refractivity contribution >= 4 is 11.3 Å². The number of anilines is 1. The van der Waals surface area contributed by atoms with E-state index in [1.807, 2.05) is 44.3 Å². The Balaban J connectivity index is 2.07. The molecule has 3 rings (SSSR count). The molecule has 0 aliphatic rings. The van der Waals surface area contributed by atoms with Crippen LogP contribution in [0.15, 0.2) is 42.6 Å². The third kappa shape index (κ3) is 3.36. The van der Waals surface area contributed by atoms with Gasteiger partial charge in [0.1, 0.15) is 11.4 Å². The first-order chi connectivity index (χ1) is 11.4. The number of rotatable bonds is 5. The molecule has 0 bridgehead atoms. The van der Waals surface area contributed by atoms with Crippen molar-refractivity contribution in [3.63, 3.8) is 0 Å². The predicted octanol–water partition coefficient (Wildman–Crippen LogP) is 3.43. The second-order valence-corrected chi connectivity index (χ2v) is 6.53. The number of imidazole rings is 1. The molecule has 0 aliphatic carbocycles. The average molecular weight is 324 g/mol. The highest BCUT2D eigenvalue weighted by molar-refractivity contribution is 5.68. The summed E-state index contributed by atoms with van der Waals surface area (Å²) in [4.78, 5) is 6.94. The molecule has 126 valence electrons. The zero-order valence-electron chi connectivity index (χ0n) is 14.7. The fraction of sp³-hybridized carbons (Fsp3) is 0.316. The van der Waals surface area contributed by atoms with E-state index in [0.29, 0.717) is 0 Å². The number of hydrogen-bond donors (Lipinski definition) is 1. The van der Waals surface area contributed by atoms with Gasteiger partial charge >= 0.3 is 0 Å². The Morgan fingerprint density at radius 2 is 1.83 bits per heavy atom. The monoisotopic (exact) mass is 324 g/mol.